The van der Waals surface area contributed by atoms with E-state index < -0.39 is 29.6 Å². The lowest BCUT2D eigenvalue weighted by Crippen LogP contribution is -2.51. The molecule has 1 fully saturated rings. The Morgan fingerprint density at radius 3 is 2.37 bits per heavy atom. The molecule has 0 saturated carbocycles. The largest absolute Gasteiger partial charge is 0.481 e. The number of urea groups is 1. The van der Waals surface area contributed by atoms with Gasteiger partial charge in [-0.15, -0.1) is 0 Å². The molecule has 138 valence electrons. The Balaban J connectivity index is 2.04. The molecule has 27 heavy (non-hydrogen) atoms. The van der Waals surface area contributed by atoms with Gasteiger partial charge in [0.05, 0.1) is 18.7 Å². The predicted octanol–water partition coefficient (Wildman–Crippen LogP) is 0.913. The maximum atomic E-state index is 13.2. The number of imide groups is 2. The highest BCUT2D eigenvalue weighted by atomic mass is 19.1. The van der Waals surface area contributed by atoms with Crippen molar-refractivity contribution in [2.24, 2.45) is 0 Å². The third kappa shape index (κ3) is 4.06. The van der Waals surface area contributed by atoms with Gasteiger partial charge >= 0.3 is 12.0 Å². The minimum absolute atomic E-state index is 0.0591. The number of aryl methyl sites for hydroxylation is 1. The fourth-order valence-electron chi connectivity index (χ4n) is 2.46. The summed E-state index contributed by atoms with van der Waals surface area (Å²) in [5.41, 5.74) is 0.854. The van der Waals surface area contributed by atoms with Crippen molar-refractivity contribution in [3.63, 3.8) is 0 Å². The van der Waals surface area contributed by atoms with Gasteiger partial charge in [0.2, 0.25) is 0 Å². The number of benzene rings is 1. The van der Waals surface area contributed by atoms with Crippen LogP contribution in [0.15, 0.2) is 36.0 Å². The minimum Gasteiger partial charge on any atom is -0.481 e. The average Bonchev–Trinajstić information content (AvgIpc) is 3.00. The molecule has 1 saturated heterocycles. The summed E-state index contributed by atoms with van der Waals surface area (Å²) in [4.78, 5) is 45.8. The molecule has 0 radical (unpaired) electrons. The molecule has 2 heterocycles. The van der Waals surface area contributed by atoms with Crippen molar-refractivity contribution < 1.29 is 28.7 Å². The van der Waals surface area contributed by atoms with Crippen molar-refractivity contribution in [1.82, 2.24) is 20.4 Å². The summed E-state index contributed by atoms with van der Waals surface area (Å²) >= 11 is 0. The number of nitrogens with zero attached hydrogens (tertiary/aromatic N) is 2. The summed E-state index contributed by atoms with van der Waals surface area (Å²) in [6.07, 6.45) is 2.52. The zero-order chi connectivity index (χ0) is 19.6. The number of amides is 4. The van der Waals surface area contributed by atoms with E-state index in [9.17, 15) is 23.6 Å². The van der Waals surface area contributed by atoms with Crippen LogP contribution in [-0.2, 0) is 20.9 Å². The summed E-state index contributed by atoms with van der Waals surface area (Å²) in [5, 5.41) is 17.0. The molecular formula is C17H13FN4O5. The van der Waals surface area contributed by atoms with Crippen LogP contribution in [0.2, 0.25) is 0 Å². The molecule has 9 nitrogen and oxygen atoms in total. The van der Waals surface area contributed by atoms with E-state index in [-0.39, 0.29) is 18.5 Å². The summed E-state index contributed by atoms with van der Waals surface area (Å²) in [6, 6.07) is 4.46. The first-order valence-corrected chi connectivity index (χ1v) is 7.77. The molecule has 1 aliphatic heterocycles. The van der Waals surface area contributed by atoms with Crippen molar-refractivity contribution in [2.45, 2.75) is 13.0 Å². The summed E-state index contributed by atoms with van der Waals surface area (Å²) in [5.74, 6) is -3.20. The van der Waals surface area contributed by atoms with E-state index in [1.807, 2.05) is 10.6 Å². The number of carboxylic acid groups (broad SMARTS) is 1. The van der Waals surface area contributed by atoms with Gasteiger partial charge in [0, 0.05) is 17.3 Å². The van der Waals surface area contributed by atoms with Gasteiger partial charge in [-0.05, 0) is 30.3 Å². The van der Waals surface area contributed by atoms with Crippen LogP contribution in [0, 0.1) is 5.82 Å². The third-order valence-electron chi connectivity index (χ3n) is 3.71. The number of carbonyl (C=O) groups is 4. The van der Waals surface area contributed by atoms with Crippen LogP contribution in [0.25, 0.3) is 17.3 Å². The first kappa shape index (κ1) is 18.0. The molecule has 0 bridgehead atoms. The number of aliphatic carboxylic acids is 1. The Labute approximate surface area is 151 Å². The molecule has 3 N–H and O–H groups in total. The average molecular weight is 372 g/mol. The smallest absolute Gasteiger partial charge is 0.328 e. The van der Waals surface area contributed by atoms with Crippen molar-refractivity contribution >= 4 is 29.9 Å². The van der Waals surface area contributed by atoms with Gasteiger partial charge in [-0.2, -0.15) is 5.10 Å². The second kappa shape index (κ2) is 7.20. The number of carbonyl (C=O) groups excluding carboxylic acids is 3. The molecule has 10 heteroatoms. The molecule has 0 unspecified atom stereocenters. The molecule has 3 rings (SSSR count). The second-order valence-electron chi connectivity index (χ2n) is 5.64. The van der Waals surface area contributed by atoms with Gasteiger partial charge in [-0.3, -0.25) is 29.7 Å². The highest BCUT2D eigenvalue weighted by molar-refractivity contribution is 6.31. The van der Waals surface area contributed by atoms with Crippen LogP contribution in [0.5, 0.6) is 0 Å². The summed E-state index contributed by atoms with van der Waals surface area (Å²) in [6.45, 7) is 0.0591. The lowest BCUT2D eigenvalue weighted by molar-refractivity contribution is -0.137. The van der Waals surface area contributed by atoms with Gasteiger partial charge in [-0.25, -0.2) is 9.18 Å². The van der Waals surface area contributed by atoms with Crippen LogP contribution < -0.4 is 10.6 Å². The molecule has 1 aromatic heterocycles. The minimum atomic E-state index is -1.02. The number of nitrogens with one attached hydrogen (secondary N) is 2. The van der Waals surface area contributed by atoms with Gasteiger partial charge < -0.3 is 5.11 Å². The van der Waals surface area contributed by atoms with Crippen LogP contribution in [0.1, 0.15) is 12.0 Å². The standard InChI is InChI=1S/C17H13FN4O5/c18-11-3-1-9(2-4-11)14-10(8-22(21-14)6-5-13(23)24)7-12-15(25)19-17(27)20-16(12)26/h1-4,7-8H,5-6H2,(H,23,24)(H2,19,20,25,26,27). The highest BCUT2D eigenvalue weighted by Crippen LogP contribution is 2.25. The van der Waals surface area contributed by atoms with Gasteiger partial charge in [0.25, 0.3) is 11.8 Å². The van der Waals surface area contributed by atoms with Gasteiger partial charge in [-0.1, -0.05) is 0 Å². The van der Waals surface area contributed by atoms with E-state index in [1.54, 1.807) is 0 Å². The topological polar surface area (TPSA) is 130 Å². The number of barbiturate groups is 1. The molecule has 0 spiro atoms. The first-order valence-electron chi connectivity index (χ1n) is 7.77. The number of carboxylic acids is 1. The molecular weight excluding hydrogens is 359 g/mol. The summed E-state index contributed by atoms with van der Waals surface area (Å²) in [7, 11) is 0. The Bertz CT molecular complexity index is 956. The van der Waals surface area contributed by atoms with Crippen molar-refractivity contribution in [1.29, 1.82) is 0 Å². The highest BCUT2D eigenvalue weighted by Gasteiger charge is 2.28. The van der Waals surface area contributed by atoms with E-state index in [0.717, 1.165) is 0 Å². The van der Waals surface area contributed by atoms with Crippen molar-refractivity contribution in [2.75, 3.05) is 0 Å². The van der Waals surface area contributed by atoms with E-state index in [2.05, 4.69) is 5.10 Å². The molecule has 1 aromatic carbocycles. The third-order valence-corrected chi connectivity index (χ3v) is 3.71. The quantitative estimate of drug-likeness (QED) is 0.528. The van der Waals surface area contributed by atoms with E-state index in [1.165, 1.54) is 41.2 Å². The summed E-state index contributed by atoms with van der Waals surface area (Å²) < 4.78 is 14.5. The molecule has 0 aliphatic carbocycles. The van der Waals surface area contributed by atoms with Crippen molar-refractivity contribution in [3.8, 4) is 11.3 Å². The van der Waals surface area contributed by atoms with Crippen LogP contribution in [0.3, 0.4) is 0 Å². The Hall–Kier alpha value is -3.82. The van der Waals surface area contributed by atoms with Crippen molar-refractivity contribution in [3.05, 3.63) is 47.4 Å². The monoisotopic (exact) mass is 372 g/mol. The SMILES string of the molecule is O=C(O)CCn1cc(C=C2C(=O)NC(=O)NC2=O)c(-c2ccc(F)cc2)n1. The van der Waals surface area contributed by atoms with E-state index in [0.29, 0.717) is 16.8 Å². The van der Waals surface area contributed by atoms with E-state index in [4.69, 9.17) is 5.11 Å². The fourth-order valence-corrected chi connectivity index (χ4v) is 2.46. The van der Waals surface area contributed by atoms with Gasteiger partial charge in [0.15, 0.2) is 0 Å². The normalized spacial score (nSPS) is 14.0. The lowest BCUT2D eigenvalue weighted by atomic mass is 10.0. The van der Waals surface area contributed by atoms with Crippen LogP contribution >= 0.6 is 0 Å². The zero-order valence-corrected chi connectivity index (χ0v) is 13.7. The first-order chi connectivity index (χ1) is 12.8. The molecule has 2 aromatic rings. The Kier molecular flexibility index (Phi) is 4.79. The lowest BCUT2D eigenvalue weighted by Gasteiger charge is -2.13. The molecule has 0 atom stereocenters. The zero-order valence-electron chi connectivity index (χ0n) is 13.7. The molecule has 1 aliphatic rings. The second-order valence-corrected chi connectivity index (χ2v) is 5.64. The van der Waals surface area contributed by atoms with E-state index >= 15 is 0 Å². The number of rotatable bonds is 5. The number of hydrogen-bond donors (Lipinski definition) is 3. The van der Waals surface area contributed by atoms with Crippen LogP contribution in [0.4, 0.5) is 9.18 Å². The number of aromatic nitrogens is 2. The molecule has 4 amide bonds. The Morgan fingerprint density at radius 1 is 1.15 bits per heavy atom. The fraction of sp³-hybridized carbons (Fsp3) is 0.118. The number of hydrogen-bond acceptors (Lipinski definition) is 5. The Morgan fingerprint density at radius 2 is 1.78 bits per heavy atom. The number of halogens is 1. The van der Waals surface area contributed by atoms with Gasteiger partial charge in [0.1, 0.15) is 11.4 Å². The maximum absolute atomic E-state index is 13.2. The maximum Gasteiger partial charge on any atom is 0.328 e. The predicted molar refractivity (Wildman–Crippen MR) is 89.5 cm³/mol. The van der Waals surface area contributed by atoms with Crippen LogP contribution in [-0.4, -0.2) is 38.7 Å².